The number of aromatic nitrogens is 1. The molecule has 0 radical (unpaired) electrons. The normalized spacial score (nSPS) is 12.7. The predicted octanol–water partition coefficient (Wildman–Crippen LogP) is 12.6. The Kier molecular flexibility index (Phi) is 8.68. The number of nitrogens with zero attached hydrogens (tertiary/aromatic N) is 2. The first-order valence-electron chi connectivity index (χ1n) is 16.7. The minimum absolute atomic E-state index is 0.0260. The summed E-state index contributed by atoms with van der Waals surface area (Å²) in [6, 6.07) is 36.3. The summed E-state index contributed by atoms with van der Waals surface area (Å²) in [5.74, 6) is 0.286. The van der Waals surface area contributed by atoms with Crippen molar-refractivity contribution in [2.24, 2.45) is 4.99 Å². The molecular formula is C44H46N2OS. The van der Waals surface area contributed by atoms with Crippen LogP contribution in [0.5, 0.6) is 5.75 Å². The van der Waals surface area contributed by atoms with Gasteiger partial charge in [-0.3, -0.25) is 4.99 Å². The average Bonchev–Trinajstić information content (AvgIpc) is 3.47. The molecule has 1 aromatic heterocycles. The monoisotopic (exact) mass is 650 g/mol. The van der Waals surface area contributed by atoms with E-state index >= 15 is 0 Å². The van der Waals surface area contributed by atoms with E-state index in [2.05, 4.69) is 147 Å². The van der Waals surface area contributed by atoms with Crippen molar-refractivity contribution in [1.29, 1.82) is 0 Å². The second kappa shape index (κ2) is 12.5. The number of benzene rings is 5. The maximum Gasteiger partial charge on any atom is 0.128 e. The molecule has 0 saturated heterocycles. The lowest BCUT2D eigenvalue weighted by Crippen LogP contribution is -2.17. The van der Waals surface area contributed by atoms with E-state index in [-0.39, 0.29) is 22.0 Å². The van der Waals surface area contributed by atoms with E-state index in [4.69, 9.17) is 9.98 Å². The number of para-hydroxylation sites is 1. The first kappa shape index (κ1) is 33.4. The van der Waals surface area contributed by atoms with Crippen LogP contribution in [0.25, 0.3) is 43.0 Å². The highest BCUT2D eigenvalue weighted by Gasteiger charge is 2.25. The fraction of sp³-hybridized carbons (Fsp3) is 0.273. The quantitative estimate of drug-likeness (QED) is 0.189. The first-order valence-corrected chi connectivity index (χ1v) is 17.5. The van der Waals surface area contributed by atoms with E-state index < -0.39 is 0 Å². The molecule has 4 heteroatoms. The van der Waals surface area contributed by atoms with Gasteiger partial charge in [-0.15, -0.1) is 11.3 Å². The SMILES string of the molecule is CC(C)(C)c1cc(C=Nc2ccccc2-c2nc3c(-c4cccc(-c5ccccc5)c4)cc(C(C)(C)C)cc3s2)c(O)c(C(C)(C)C)c1. The van der Waals surface area contributed by atoms with Crippen LogP contribution in [-0.4, -0.2) is 16.3 Å². The Labute approximate surface area is 290 Å². The van der Waals surface area contributed by atoms with E-state index in [1.54, 1.807) is 11.3 Å². The van der Waals surface area contributed by atoms with E-state index in [0.29, 0.717) is 0 Å². The maximum absolute atomic E-state index is 11.4. The van der Waals surface area contributed by atoms with Crippen molar-refractivity contribution in [3.8, 4) is 38.6 Å². The van der Waals surface area contributed by atoms with Crippen molar-refractivity contribution in [3.05, 3.63) is 125 Å². The van der Waals surface area contributed by atoms with E-state index in [1.807, 2.05) is 24.4 Å². The minimum atomic E-state index is -0.211. The summed E-state index contributed by atoms with van der Waals surface area (Å²) >= 11 is 1.71. The van der Waals surface area contributed by atoms with E-state index in [0.717, 1.165) is 48.7 Å². The van der Waals surface area contributed by atoms with Crippen LogP contribution in [0, 0.1) is 0 Å². The summed E-state index contributed by atoms with van der Waals surface area (Å²) in [6.07, 6.45) is 1.81. The van der Waals surface area contributed by atoms with Crippen LogP contribution in [0.1, 0.15) is 84.6 Å². The van der Waals surface area contributed by atoms with Crippen molar-refractivity contribution in [3.63, 3.8) is 0 Å². The number of thiazole rings is 1. The Morgan fingerprint density at radius 2 is 1.23 bits per heavy atom. The number of hydrogen-bond donors (Lipinski definition) is 1. The molecule has 0 atom stereocenters. The molecule has 0 saturated carbocycles. The molecule has 0 aliphatic carbocycles. The van der Waals surface area contributed by atoms with Gasteiger partial charge in [-0.25, -0.2) is 4.98 Å². The zero-order valence-corrected chi connectivity index (χ0v) is 30.5. The lowest BCUT2D eigenvalue weighted by atomic mass is 9.79. The molecule has 0 spiro atoms. The van der Waals surface area contributed by atoms with Gasteiger partial charge in [0.2, 0.25) is 0 Å². The van der Waals surface area contributed by atoms with Crippen LogP contribution < -0.4 is 0 Å². The molecule has 48 heavy (non-hydrogen) atoms. The molecule has 0 aliphatic heterocycles. The summed E-state index contributed by atoms with van der Waals surface area (Å²) in [4.78, 5) is 10.3. The molecular weight excluding hydrogens is 605 g/mol. The summed E-state index contributed by atoms with van der Waals surface area (Å²) in [5.41, 5.74) is 11.2. The number of aromatic hydroxyl groups is 1. The highest BCUT2D eigenvalue weighted by Crippen LogP contribution is 2.43. The van der Waals surface area contributed by atoms with Gasteiger partial charge in [-0.05, 0) is 80.5 Å². The van der Waals surface area contributed by atoms with Gasteiger partial charge in [0.1, 0.15) is 10.8 Å². The molecule has 1 N–H and O–H groups in total. The number of hydrogen-bond acceptors (Lipinski definition) is 4. The van der Waals surface area contributed by atoms with Gasteiger partial charge in [-0.1, -0.05) is 129 Å². The topological polar surface area (TPSA) is 45.5 Å². The number of phenolic OH excluding ortho intramolecular Hbond substituents is 1. The van der Waals surface area contributed by atoms with E-state index in [9.17, 15) is 5.11 Å². The van der Waals surface area contributed by atoms with Gasteiger partial charge in [-0.2, -0.15) is 0 Å². The van der Waals surface area contributed by atoms with Crippen molar-refractivity contribution < 1.29 is 5.11 Å². The third kappa shape index (κ3) is 6.86. The number of fused-ring (bicyclic) bond motifs is 1. The summed E-state index contributed by atoms with van der Waals surface area (Å²) in [6.45, 7) is 19.8. The highest BCUT2D eigenvalue weighted by molar-refractivity contribution is 7.21. The van der Waals surface area contributed by atoms with Gasteiger partial charge in [0.25, 0.3) is 0 Å². The molecule has 5 aromatic carbocycles. The molecule has 6 aromatic rings. The zero-order chi connectivity index (χ0) is 34.4. The molecule has 0 amide bonds. The van der Waals surface area contributed by atoms with Crippen LogP contribution in [0.2, 0.25) is 0 Å². The van der Waals surface area contributed by atoms with Gasteiger partial charge in [0.05, 0.1) is 15.9 Å². The van der Waals surface area contributed by atoms with Crippen molar-refractivity contribution in [2.75, 3.05) is 0 Å². The van der Waals surface area contributed by atoms with Gasteiger partial charge in [0, 0.05) is 28.5 Å². The lowest BCUT2D eigenvalue weighted by molar-refractivity contribution is 0.444. The summed E-state index contributed by atoms with van der Waals surface area (Å²) in [5, 5.41) is 12.3. The number of rotatable bonds is 5. The third-order valence-corrected chi connectivity index (χ3v) is 9.97. The van der Waals surface area contributed by atoms with Gasteiger partial charge < -0.3 is 5.11 Å². The van der Waals surface area contributed by atoms with Gasteiger partial charge >= 0.3 is 0 Å². The van der Waals surface area contributed by atoms with Crippen LogP contribution in [0.15, 0.2) is 108 Å². The molecule has 3 nitrogen and oxygen atoms in total. The largest absolute Gasteiger partial charge is 0.507 e. The summed E-state index contributed by atoms with van der Waals surface area (Å²) in [7, 11) is 0. The van der Waals surface area contributed by atoms with Crippen molar-refractivity contribution in [2.45, 2.75) is 78.6 Å². The molecule has 0 bridgehead atoms. The van der Waals surface area contributed by atoms with Crippen LogP contribution in [0.4, 0.5) is 5.69 Å². The molecule has 6 rings (SSSR count). The smallest absolute Gasteiger partial charge is 0.128 e. The third-order valence-electron chi connectivity index (χ3n) is 8.93. The second-order valence-corrected chi connectivity index (χ2v) is 16.9. The number of aliphatic imine (C=N–C) groups is 1. The lowest BCUT2D eigenvalue weighted by Gasteiger charge is -2.27. The standard InChI is InChI=1S/C44H46N2OS/c1-42(2,3)32-23-31(40(47)36(25-32)44(7,8)9)27-45-37-21-14-13-20-34(37)41-46-39-35(24-33(43(4,5)6)26-38(39)48-41)30-19-15-18-29(22-30)28-16-11-10-12-17-28/h10-27,47H,1-9H3. The Balaban J connectivity index is 1.48. The Hall–Kier alpha value is -4.54. The fourth-order valence-electron chi connectivity index (χ4n) is 5.96. The molecule has 0 fully saturated rings. The number of phenols is 1. The molecule has 0 unspecified atom stereocenters. The van der Waals surface area contributed by atoms with Crippen LogP contribution in [-0.2, 0) is 16.2 Å². The molecule has 1 heterocycles. The Morgan fingerprint density at radius 3 is 1.92 bits per heavy atom. The predicted molar refractivity (Wildman–Crippen MR) is 207 cm³/mol. The second-order valence-electron chi connectivity index (χ2n) is 15.8. The Morgan fingerprint density at radius 1 is 0.604 bits per heavy atom. The maximum atomic E-state index is 11.4. The summed E-state index contributed by atoms with van der Waals surface area (Å²) < 4.78 is 1.15. The van der Waals surface area contributed by atoms with Crippen LogP contribution in [0.3, 0.4) is 0 Å². The highest BCUT2D eigenvalue weighted by atomic mass is 32.1. The molecule has 0 aliphatic rings. The van der Waals surface area contributed by atoms with E-state index in [1.165, 1.54) is 22.3 Å². The Bertz CT molecular complexity index is 2130. The molecule has 244 valence electrons. The van der Waals surface area contributed by atoms with Crippen molar-refractivity contribution >= 4 is 33.5 Å². The van der Waals surface area contributed by atoms with Gasteiger partial charge in [0.15, 0.2) is 0 Å². The minimum Gasteiger partial charge on any atom is -0.507 e. The fourth-order valence-corrected chi connectivity index (χ4v) is 7.03. The zero-order valence-electron chi connectivity index (χ0n) is 29.6. The first-order chi connectivity index (χ1) is 22.6. The van der Waals surface area contributed by atoms with Crippen LogP contribution >= 0.6 is 11.3 Å². The average molecular weight is 651 g/mol. The van der Waals surface area contributed by atoms with Crippen molar-refractivity contribution in [1.82, 2.24) is 4.98 Å².